The van der Waals surface area contributed by atoms with Crippen LogP contribution in [0.5, 0.6) is 0 Å². The topological polar surface area (TPSA) is 84.4 Å². The molecule has 1 fully saturated rings. The van der Waals surface area contributed by atoms with Crippen LogP contribution in [0.3, 0.4) is 0 Å². The molecule has 4 aromatic rings. The van der Waals surface area contributed by atoms with E-state index in [4.69, 9.17) is 8.94 Å². The number of urea groups is 1. The summed E-state index contributed by atoms with van der Waals surface area (Å²) in [6, 6.07) is 17.8. The molecule has 1 saturated heterocycles. The van der Waals surface area contributed by atoms with E-state index in [1.807, 2.05) is 24.3 Å². The second-order valence-corrected chi connectivity index (χ2v) is 6.83. The molecule has 0 unspecified atom stereocenters. The standard InChI is InChI=1S/C21H18N4O3/c26-21(22-11-15-7-3-6-14-5-1-2-8-17(14)15)25-12-16(13-25)20-23-19(24-28-20)18-9-4-10-27-18/h1-10,16H,11-13H2,(H,22,26). The smallest absolute Gasteiger partial charge is 0.317 e. The fourth-order valence-corrected chi connectivity index (χ4v) is 3.44. The van der Waals surface area contributed by atoms with Crippen molar-refractivity contribution in [2.24, 2.45) is 0 Å². The number of furan rings is 1. The molecule has 3 heterocycles. The summed E-state index contributed by atoms with van der Waals surface area (Å²) in [6.07, 6.45) is 1.57. The van der Waals surface area contributed by atoms with Gasteiger partial charge in [-0.2, -0.15) is 4.98 Å². The van der Waals surface area contributed by atoms with Crippen LogP contribution < -0.4 is 5.32 Å². The number of hydrogen-bond acceptors (Lipinski definition) is 5. The highest BCUT2D eigenvalue weighted by atomic mass is 16.5. The largest absolute Gasteiger partial charge is 0.461 e. The van der Waals surface area contributed by atoms with Crippen molar-refractivity contribution in [2.75, 3.05) is 13.1 Å². The lowest BCUT2D eigenvalue weighted by Crippen LogP contribution is -2.52. The van der Waals surface area contributed by atoms with E-state index in [0.29, 0.717) is 37.1 Å². The van der Waals surface area contributed by atoms with E-state index >= 15 is 0 Å². The molecule has 2 aromatic carbocycles. The Morgan fingerprint density at radius 3 is 2.82 bits per heavy atom. The van der Waals surface area contributed by atoms with E-state index in [0.717, 1.165) is 10.9 Å². The second-order valence-electron chi connectivity index (χ2n) is 6.83. The highest BCUT2D eigenvalue weighted by molar-refractivity contribution is 5.86. The summed E-state index contributed by atoms with van der Waals surface area (Å²) < 4.78 is 10.6. The lowest BCUT2D eigenvalue weighted by atomic mass is 10.0. The van der Waals surface area contributed by atoms with Crippen LogP contribution in [0, 0.1) is 0 Å². The zero-order valence-corrected chi connectivity index (χ0v) is 15.0. The third kappa shape index (κ3) is 3.00. The molecule has 0 spiro atoms. The molecule has 7 heteroatoms. The molecular formula is C21H18N4O3. The van der Waals surface area contributed by atoms with Gasteiger partial charge in [0.05, 0.1) is 12.2 Å². The molecule has 1 N–H and O–H groups in total. The number of carbonyl (C=O) groups excluding carboxylic acids is 1. The third-order valence-electron chi connectivity index (χ3n) is 5.01. The van der Waals surface area contributed by atoms with Gasteiger partial charge in [0.25, 0.3) is 0 Å². The molecule has 2 amide bonds. The van der Waals surface area contributed by atoms with Crippen LogP contribution in [-0.4, -0.2) is 34.2 Å². The van der Waals surface area contributed by atoms with Crippen molar-refractivity contribution in [1.82, 2.24) is 20.4 Å². The van der Waals surface area contributed by atoms with Gasteiger partial charge in [-0.05, 0) is 28.5 Å². The predicted molar refractivity (Wildman–Crippen MR) is 102 cm³/mol. The van der Waals surface area contributed by atoms with Crippen LogP contribution in [0.1, 0.15) is 17.4 Å². The number of fused-ring (bicyclic) bond motifs is 1. The summed E-state index contributed by atoms with van der Waals surface area (Å²) in [7, 11) is 0. The van der Waals surface area contributed by atoms with Crippen molar-refractivity contribution < 1.29 is 13.7 Å². The van der Waals surface area contributed by atoms with Gasteiger partial charge in [0.1, 0.15) is 0 Å². The van der Waals surface area contributed by atoms with Gasteiger partial charge in [-0.15, -0.1) is 0 Å². The Kier molecular flexibility index (Phi) is 4.05. The van der Waals surface area contributed by atoms with Gasteiger partial charge < -0.3 is 19.2 Å². The number of nitrogens with zero attached hydrogens (tertiary/aromatic N) is 3. The van der Waals surface area contributed by atoms with E-state index < -0.39 is 0 Å². The highest BCUT2D eigenvalue weighted by Gasteiger charge is 2.35. The first-order valence-electron chi connectivity index (χ1n) is 9.15. The molecule has 5 rings (SSSR count). The van der Waals surface area contributed by atoms with Crippen molar-refractivity contribution in [3.8, 4) is 11.6 Å². The lowest BCUT2D eigenvalue weighted by molar-refractivity contribution is 0.136. The molecular weight excluding hydrogens is 356 g/mol. The van der Waals surface area contributed by atoms with E-state index in [1.54, 1.807) is 23.3 Å². The summed E-state index contributed by atoms with van der Waals surface area (Å²) in [5, 5.41) is 9.26. The number of hydrogen-bond donors (Lipinski definition) is 1. The first-order valence-corrected chi connectivity index (χ1v) is 9.15. The fourth-order valence-electron chi connectivity index (χ4n) is 3.44. The molecule has 140 valence electrons. The summed E-state index contributed by atoms with van der Waals surface area (Å²) >= 11 is 0. The van der Waals surface area contributed by atoms with E-state index in [-0.39, 0.29) is 11.9 Å². The van der Waals surface area contributed by atoms with Gasteiger partial charge >= 0.3 is 6.03 Å². The van der Waals surface area contributed by atoms with Crippen LogP contribution in [0.2, 0.25) is 0 Å². The Bertz CT molecular complexity index is 1110. The van der Waals surface area contributed by atoms with E-state index in [9.17, 15) is 4.79 Å². The van der Waals surface area contributed by atoms with E-state index in [1.165, 1.54) is 5.39 Å². The number of amides is 2. The predicted octanol–water partition coefficient (Wildman–Crippen LogP) is 3.79. The minimum Gasteiger partial charge on any atom is -0.461 e. The average Bonchev–Trinajstić information content (AvgIpc) is 3.37. The number of likely N-dealkylation sites (tertiary alicyclic amines) is 1. The second kappa shape index (κ2) is 6.84. The number of aromatic nitrogens is 2. The molecule has 7 nitrogen and oxygen atoms in total. The number of nitrogens with one attached hydrogen (secondary N) is 1. The Labute approximate surface area is 160 Å². The van der Waals surface area contributed by atoms with Crippen LogP contribution in [0.4, 0.5) is 4.79 Å². The number of benzene rings is 2. The molecule has 0 bridgehead atoms. The average molecular weight is 374 g/mol. The SMILES string of the molecule is O=C(NCc1cccc2ccccc12)N1CC(c2nc(-c3ccco3)no2)C1. The summed E-state index contributed by atoms with van der Waals surface area (Å²) in [6.45, 7) is 1.60. The van der Waals surface area contributed by atoms with Crippen molar-refractivity contribution in [3.05, 3.63) is 72.3 Å². The molecule has 0 atom stereocenters. The minimum atomic E-state index is -0.0880. The highest BCUT2D eigenvalue weighted by Crippen LogP contribution is 2.28. The molecule has 28 heavy (non-hydrogen) atoms. The third-order valence-corrected chi connectivity index (χ3v) is 5.01. The summed E-state index contributed by atoms with van der Waals surface area (Å²) in [5.41, 5.74) is 1.10. The van der Waals surface area contributed by atoms with Gasteiger partial charge in [0.2, 0.25) is 11.7 Å². The maximum absolute atomic E-state index is 12.4. The number of carbonyl (C=O) groups is 1. The molecule has 2 aromatic heterocycles. The van der Waals surface area contributed by atoms with Gasteiger partial charge in [-0.1, -0.05) is 47.6 Å². The van der Waals surface area contributed by atoms with Gasteiger partial charge in [0.15, 0.2) is 5.76 Å². The van der Waals surface area contributed by atoms with Crippen molar-refractivity contribution in [2.45, 2.75) is 12.5 Å². The molecule has 0 aliphatic carbocycles. The molecule has 1 aliphatic heterocycles. The Morgan fingerprint density at radius 2 is 1.96 bits per heavy atom. The van der Waals surface area contributed by atoms with Gasteiger partial charge in [-0.25, -0.2) is 4.79 Å². The van der Waals surface area contributed by atoms with Gasteiger partial charge in [-0.3, -0.25) is 0 Å². The number of rotatable bonds is 4. The van der Waals surface area contributed by atoms with Crippen molar-refractivity contribution in [1.29, 1.82) is 0 Å². The Morgan fingerprint density at radius 1 is 1.11 bits per heavy atom. The van der Waals surface area contributed by atoms with Crippen LogP contribution >= 0.6 is 0 Å². The lowest BCUT2D eigenvalue weighted by Gasteiger charge is -2.36. The normalized spacial score (nSPS) is 14.2. The summed E-state index contributed by atoms with van der Waals surface area (Å²) in [5.74, 6) is 1.59. The first-order chi connectivity index (χ1) is 13.8. The Hall–Kier alpha value is -3.61. The van der Waals surface area contributed by atoms with Crippen LogP contribution in [0.25, 0.3) is 22.4 Å². The monoisotopic (exact) mass is 374 g/mol. The van der Waals surface area contributed by atoms with Crippen molar-refractivity contribution >= 4 is 16.8 Å². The van der Waals surface area contributed by atoms with E-state index in [2.05, 4.69) is 33.7 Å². The van der Waals surface area contributed by atoms with Crippen molar-refractivity contribution in [3.63, 3.8) is 0 Å². The fraction of sp³-hybridized carbons (Fsp3) is 0.190. The molecule has 0 radical (unpaired) electrons. The minimum absolute atomic E-state index is 0.0551. The molecule has 0 saturated carbocycles. The Balaban J connectivity index is 1.18. The maximum Gasteiger partial charge on any atom is 0.317 e. The van der Waals surface area contributed by atoms with Gasteiger partial charge in [0, 0.05) is 19.6 Å². The van der Waals surface area contributed by atoms with Crippen LogP contribution in [-0.2, 0) is 6.54 Å². The first kappa shape index (κ1) is 16.6. The zero-order valence-electron chi connectivity index (χ0n) is 15.0. The zero-order chi connectivity index (χ0) is 18.9. The molecule has 1 aliphatic rings. The summed E-state index contributed by atoms with van der Waals surface area (Å²) in [4.78, 5) is 18.5. The maximum atomic E-state index is 12.4. The van der Waals surface area contributed by atoms with Crippen LogP contribution in [0.15, 0.2) is 69.8 Å². The quantitative estimate of drug-likeness (QED) is 0.587.